The lowest BCUT2D eigenvalue weighted by atomic mass is 9.55. The van der Waals surface area contributed by atoms with E-state index in [9.17, 15) is 32.3 Å². The van der Waals surface area contributed by atoms with Crippen LogP contribution < -0.4 is 26.0 Å². The fourth-order valence-corrected chi connectivity index (χ4v) is 8.48. The molecule has 0 spiro atoms. The number of rotatable bonds is 13. The lowest BCUT2D eigenvalue weighted by Crippen LogP contribution is -2.51. The standard InChI is InChI=1S/C44H52ClF3N8O6/c1-23(2)35(55-41(60)61-8)39(58)56-22-27-19-43(6,7)34(27)36(56)37-52-21-31(53-37)25-11-9-24(10-12-25)28-17-29(45)30(18-32(28)62-44(46,47)48)54-38(57)26-13-14-33(51-20-26)49-15-16-50-40(59)42(3,4)5/h9-14,17-18,20-21,23,27,34-36H,15-16,19,22H2,1-8H3,(H,49,51)(H,50,59)(H,52,53)(H,54,57)(H,55,60)/t27-,34-,35-,36-/m0/s1. The van der Waals surface area contributed by atoms with Gasteiger partial charge in [0.25, 0.3) is 5.91 Å². The number of fused-ring (bicyclic) bond motifs is 1. The van der Waals surface area contributed by atoms with Crippen molar-refractivity contribution in [1.82, 2.24) is 30.5 Å². The number of likely N-dealkylation sites (tertiary alicyclic amines) is 1. The van der Waals surface area contributed by atoms with Crippen LogP contribution in [0.15, 0.2) is 60.9 Å². The smallest absolute Gasteiger partial charge is 0.453 e. The highest BCUT2D eigenvalue weighted by Gasteiger charge is 2.60. The van der Waals surface area contributed by atoms with Crippen LogP contribution in [0.3, 0.4) is 0 Å². The molecule has 1 aliphatic heterocycles. The van der Waals surface area contributed by atoms with Gasteiger partial charge in [0.1, 0.15) is 23.4 Å². The van der Waals surface area contributed by atoms with Gasteiger partial charge in [-0.1, -0.05) is 84.3 Å². The summed E-state index contributed by atoms with van der Waals surface area (Å²) in [6, 6.07) is 10.8. The molecular weight excluding hydrogens is 829 g/mol. The molecule has 1 aliphatic carbocycles. The number of nitrogens with one attached hydrogen (secondary N) is 5. The zero-order valence-electron chi connectivity index (χ0n) is 35.8. The summed E-state index contributed by atoms with van der Waals surface area (Å²) in [4.78, 5) is 65.6. The van der Waals surface area contributed by atoms with Crippen molar-refractivity contribution < 1.29 is 41.8 Å². The average Bonchev–Trinajstić information content (AvgIpc) is 3.82. The Kier molecular flexibility index (Phi) is 13.2. The van der Waals surface area contributed by atoms with E-state index in [1.165, 1.54) is 25.4 Å². The van der Waals surface area contributed by atoms with Crippen molar-refractivity contribution in [2.45, 2.75) is 73.3 Å². The quantitative estimate of drug-likeness (QED) is 0.0824. The Labute approximate surface area is 363 Å². The van der Waals surface area contributed by atoms with E-state index in [1.54, 1.807) is 41.4 Å². The highest BCUT2D eigenvalue weighted by molar-refractivity contribution is 6.34. The summed E-state index contributed by atoms with van der Waals surface area (Å²) in [5, 5.41) is 11.1. The monoisotopic (exact) mass is 880 g/mol. The molecular formula is C44H52ClF3N8O6. The molecule has 2 aliphatic rings. The van der Waals surface area contributed by atoms with Gasteiger partial charge in [-0.15, -0.1) is 13.2 Å². The molecule has 2 fully saturated rings. The summed E-state index contributed by atoms with van der Waals surface area (Å²) in [5.74, 6) is -0.368. The molecule has 1 saturated carbocycles. The number of nitrogens with zero attached hydrogens (tertiary/aromatic N) is 3. The maximum Gasteiger partial charge on any atom is 0.573 e. The first-order chi connectivity index (χ1) is 29.1. The Balaban J connectivity index is 1.18. The predicted octanol–water partition coefficient (Wildman–Crippen LogP) is 8.44. The first-order valence-corrected chi connectivity index (χ1v) is 20.6. The van der Waals surface area contributed by atoms with Crippen molar-refractivity contribution in [3.63, 3.8) is 0 Å². The van der Waals surface area contributed by atoms with Gasteiger partial charge in [0.05, 0.1) is 41.3 Å². The number of amides is 4. The molecule has 1 saturated heterocycles. The summed E-state index contributed by atoms with van der Waals surface area (Å²) < 4.78 is 50.5. The number of anilines is 2. The van der Waals surface area contributed by atoms with Crippen molar-refractivity contribution in [3.05, 3.63) is 77.3 Å². The summed E-state index contributed by atoms with van der Waals surface area (Å²) in [6.07, 6.45) is -1.86. The number of carbonyl (C=O) groups excluding carboxylic acids is 4. The van der Waals surface area contributed by atoms with Crippen LogP contribution in [-0.4, -0.2) is 82.8 Å². The molecule has 4 atom stereocenters. The van der Waals surface area contributed by atoms with Crippen LogP contribution in [0.25, 0.3) is 22.4 Å². The molecule has 14 nitrogen and oxygen atoms in total. The molecule has 62 heavy (non-hydrogen) atoms. The van der Waals surface area contributed by atoms with Crippen molar-refractivity contribution in [1.29, 1.82) is 0 Å². The number of alkyl halides is 3. The van der Waals surface area contributed by atoms with Gasteiger partial charge in [0, 0.05) is 42.9 Å². The Morgan fingerprint density at radius 3 is 2.27 bits per heavy atom. The maximum absolute atomic E-state index is 14.1. The van der Waals surface area contributed by atoms with E-state index in [4.69, 9.17) is 21.3 Å². The van der Waals surface area contributed by atoms with Gasteiger partial charge in [-0.25, -0.2) is 14.8 Å². The number of ether oxygens (including phenoxy) is 2. The summed E-state index contributed by atoms with van der Waals surface area (Å²) in [6.45, 7) is 14.7. The number of imidazole rings is 1. The van der Waals surface area contributed by atoms with Crippen molar-refractivity contribution in [2.24, 2.45) is 28.6 Å². The summed E-state index contributed by atoms with van der Waals surface area (Å²) in [5.41, 5.74) is 1.09. The number of hydrogen-bond acceptors (Lipinski definition) is 9. The van der Waals surface area contributed by atoms with Gasteiger partial charge in [-0.05, 0) is 58.9 Å². The van der Waals surface area contributed by atoms with Crippen molar-refractivity contribution >= 4 is 46.9 Å². The Bertz CT molecular complexity index is 2290. The maximum atomic E-state index is 14.1. The number of aromatic amines is 1. The zero-order chi connectivity index (χ0) is 45.3. The zero-order valence-corrected chi connectivity index (χ0v) is 36.5. The minimum absolute atomic E-state index is 0.0246. The number of pyridine rings is 1. The van der Waals surface area contributed by atoms with Crippen LogP contribution in [0.1, 0.15) is 77.1 Å². The topological polar surface area (TPSA) is 180 Å². The van der Waals surface area contributed by atoms with Gasteiger partial charge in [-0.2, -0.15) is 0 Å². The number of hydrogen-bond donors (Lipinski definition) is 5. The van der Waals surface area contributed by atoms with E-state index >= 15 is 0 Å². The van der Waals surface area contributed by atoms with Crippen LogP contribution in [0.4, 0.5) is 29.5 Å². The SMILES string of the molecule is COC(=O)N[C@H](C(=O)N1C[C@@H]2CC(C)(C)[C@@H]2[C@H]1c1ncc(-c2ccc(-c3cc(Cl)c(NC(=O)c4ccc(NCCNC(=O)C(C)(C)C)nc4)cc3OC(F)(F)F)cc2)[nH]1)C(C)C. The number of halogens is 4. The number of H-pyrrole nitrogens is 1. The van der Waals surface area contributed by atoms with E-state index < -0.39 is 35.6 Å². The lowest BCUT2D eigenvalue weighted by molar-refractivity contribution is -0.274. The van der Waals surface area contributed by atoms with Gasteiger partial charge in [-0.3, -0.25) is 14.4 Å². The molecule has 4 amide bonds. The molecule has 6 rings (SSSR count). The number of methoxy groups -OCH3 is 1. The second-order valence-electron chi connectivity index (χ2n) is 17.7. The van der Waals surface area contributed by atoms with Gasteiger partial charge in [0.15, 0.2) is 0 Å². The second-order valence-corrected chi connectivity index (χ2v) is 18.1. The first-order valence-electron chi connectivity index (χ1n) is 20.3. The van der Waals surface area contributed by atoms with Crippen molar-refractivity contribution in [2.75, 3.05) is 37.4 Å². The Morgan fingerprint density at radius 2 is 1.68 bits per heavy atom. The summed E-state index contributed by atoms with van der Waals surface area (Å²) in [7, 11) is 1.25. The highest BCUT2D eigenvalue weighted by atomic mass is 35.5. The van der Waals surface area contributed by atoms with Crippen LogP contribution in [0, 0.1) is 28.6 Å². The number of aromatic nitrogens is 3. The summed E-state index contributed by atoms with van der Waals surface area (Å²) >= 11 is 6.57. The van der Waals surface area contributed by atoms with E-state index in [-0.39, 0.29) is 62.9 Å². The normalized spacial score (nSPS) is 18.6. The van der Waals surface area contributed by atoms with Crippen LogP contribution in [0.5, 0.6) is 5.75 Å². The van der Waals surface area contributed by atoms with E-state index in [0.717, 1.165) is 12.5 Å². The molecule has 4 aromatic rings. The molecule has 332 valence electrons. The molecule has 2 aromatic carbocycles. The third-order valence-electron chi connectivity index (χ3n) is 11.3. The molecule has 3 heterocycles. The minimum atomic E-state index is -5.06. The fourth-order valence-electron chi connectivity index (χ4n) is 8.27. The molecule has 5 N–H and O–H groups in total. The lowest BCUT2D eigenvalue weighted by Gasteiger charge is -2.49. The fraction of sp³-hybridized carbons (Fsp3) is 0.455. The van der Waals surface area contributed by atoms with E-state index in [2.05, 4.69) is 49.8 Å². The average molecular weight is 881 g/mol. The number of alkyl carbamates (subject to hydrolysis) is 1. The van der Waals surface area contributed by atoms with Gasteiger partial charge < -0.3 is 40.6 Å². The van der Waals surface area contributed by atoms with Crippen LogP contribution >= 0.6 is 11.6 Å². The van der Waals surface area contributed by atoms with Gasteiger partial charge >= 0.3 is 12.5 Å². The van der Waals surface area contributed by atoms with Gasteiger partial charge in [0.2, 0.25) is 11.8 Å². The highest BCUT2D eigenvalue weighted by Crippen LogP contribution is 2.61. The Hall–Kier alpha value is -5.84. The molecule has 18 heteroatoms. The van der Waals surface area contributed by atoms with Crippen LogP contribution in [-0.2, 0) is 14.3 Å². The largest absolute Gasteiger partial charge is 0.573 e. The first kappa shape index (κ1) is 45.7. The molecule has 2 aromatic heterocycles. The molecule has 0 unspecified atom stereocenters. The van der Waals surface area contributed by atoms with Crippen molar-refractivity contribution in [3.8, 4) is 28.1 Å². The number of carbonyl (C=O) groups is 4. The Morgan fingerprint density at radius 1 is 0.984 bits per heavy atom. The molecule has 0 bridgehead atoms. The van der Waals surface area contributed by atoms with Crippen LogP contribution in [0.2, 0.25) is 5.02 Å². The third kappa shape index (κ3) is 10.3. The molecule has 0 radical (unpaired) electrons. The second kappa shape index (κ2) is 17.9. The third-order valence-corrected chi connectivity index (χ3v) is 11.6. The predicted molar refractivity (Wildman–Crippen MR) is 228 cm³/mol. The van der Waals surface area contributed by atoms with E-state index in [0.29, 0.717) is 48.1 Å². The van der Waals surface area contributed by atoms with E-state index in [1.807, 2.05) is 34.6 Å². The number of benzene rings is 2. The minimum Gasteiger partial charge on any atom is -0.453 e.